The van der Waals surface area contributed by atoms with E-state index in [0.717, 1.165) is 5.57 Å². The molecule has 0 aliphatic heterocycles. The van der Waals surface area contributed by atoms with Crippen LogP contribution in [0.5, 0.6) is 0 Å². The summed E-state index contributed by atoms with van der Waals surface area (Å²) in [6.45, 7) is 9.00. The summed E-state index contributed by atoms with van der Waals surface area (Å²) < 4.78 is 9.29. The molecular weight excluding hydrogens is 236 g/mol. The Morgan fingerprint density at radius 2 is 1.67 bits per heavy atom. The van der Waals surface area contributed by atoms with Gasteiger partial charge in [-0.3, -0.25) is 9.59 Å². The molecule has 0 fully saturated rings. The van der Waals surface area contributed by atoms with Crippen molar-refractivity contribution < 1.29 is 19.1 Å². The Bertz CT molecular complexity index is 326. The minimum atomic E-state index is -0.518. The van der Waals surface area contributed by atoms with Gasteiger partial charge >= 0.3 is 11.9 Å². The van der Waals surface area contributed by atoms with Crippen LogP contribution in [-0.2, 0) is 19.1 Å². The zero-order chi connectivity index (χ0) is 14.0. The second-order valence-corrected chi connectivity index (χ2v) is 3.77. The van der Waals surface area contributed by atoms with Crippen LogP contribution in [-0.4, -0.2) is 38.9 Å². The number of allylic oxidation sites excluding steroid dienone is 1. The molecule has 0 aromatic rings. The molecule has 0 rings (SSSR count). The number of nitrogens with one attached hydrogen (secondary N) is 2. The first-order valence-corrected chi connectivity index (χ1v) is 5.47. The minimum Gasteiger partial charge on any atom is -0.427 e. The average molecular weight is 256 g/mol. The smallest absolute Gasteiger partial charge is 0.328 e. The van der Waals surface area contributed by atoms with Gasteiger partial charge in [0.15, 0.2) is 0 Å². The lowest BCUT2D eigenvalue weighted by molar-refractivity contribution is -0.165. The van der Waals surface area contributed by atoms with E-state index < -0.39 is 11.9 Å². The van der Waals surface area contributed by atoms with E-state index in [1.807, 2.05) is 6.92 Å². The predicted octanol–water partition coefficient (Wildman–Crippen LogP) is 0.319. The Balaban J connectivity index is 3.63. The molecule has 102 valence electrons. The van der Waals surface area contributed by atoms with Crippen LogP contribution in [0.15, 0.2) is 24.4 Å². The maximum Gasteiger partial charge on any atom is 0.328 e. The van der Waals surface area contributed by atoms with Crippen molar-refractivity contribution in [3.05, 3.63) is 24.4 Å². The fraction of sp³-hybridized carbons (Fsp3) is 0.500. The summed E-state index contributed by atoms with van der Waals surface area (Å²) in [7, 11) is 1.62. The molecule has 0 radical (unpaired) electrons. The first kappa shape index (κ1) is 16.2. The SMILES string of the molecule is C=C(C)CC(=C)NCC(=O)OCOC(=O)CNC. The molecule has 2 N–H and O–H groups in total. The van der Waals surface area contributed by atoms with Crippen molar-refractivity contribution >= 4 is 11.9 Å². The average Bonchev–Trinajstić information content (AvgIpc) is 2.26. The molecule has 6 nitrogen and oxygen atoms in total. The Kier molecular flexibility index (Phi) is 8.30. The maximum absolute atomic E-state index is 11.2. The monoisotopic (exact) mass is 256 g/mol. The highest BCUT2D eigenvalue weighted by Gasteiger charge is 2.05. The van der Waals surface area contributed by atoms with E-state index in [-0.39, 0.29) is 19.9 Å². The van der Waals surface area contributed by atoms with E-state index in [2.05, 4.69) is 33.3 Å². The lowest BCUT2D eigenvalue weighted by Gasteiger charge is -2.09. The molecule has 0 aromatic carbocycles. The number of likely N-dealkylation sites (N-methyl/N-ethyl adjacent to an activating group) is 1. The number of esters is 2. The number of carbonyl (C=O) groups excluding carboxylic acids is 2. The molecule has 0 aliphatic carbocycles. The lowest BCUT2D eigenvalue weighted by Crippen LogP contribution is -2.27. The summed E-state index contributed by atoms with van der Waals surface area (Å²) in [4.78, 5) is 22.1. The van der Waals surface area contributed by atoms with Crippen LogP contribution in [0.3, 0.4) is 0 Å². The number of hydrogen-bond donors (Lipinski definition) is 2. The van der Waals surface area contributed by atoms with Crippen LogP contribution < -0.4 is 10.6 Å². The molecule has 0 amide bonds. The fourth-order valence-electron chi connectivity index (χ4n) is 1.03. The first-order valence-electron chi connectivity index (χ1n) is 5.47. The highest BCUT2D eigenvalue weighted by Crippen LogP contribution is 2.02. The zero-order valence-corrected chi connectivity index (χ0v) is 10.9. The zero-order valence-electron chi connectivity index (χ0n) is 10.9. The van der Waals surface area contributed by atoms with Gasteiger partial charge in [0.25, 0.3) is 0 Å². The number of rotatable bonds is 9. The minimum absolute atomic E-state index is 0.0182. The predicted molar refractivity (Wildman–Crippen MR) is 67.6 cm³/mol. The van der Waals surface area contributed by atoms with Gasteiger partial charge in [-0.15, -0.1) is 0 Å². The Labute approximate surface area is 107 Å². The molecule has 0 aliphatic rings. The van der Waals surface area contributed by atoms with Crippen LogP contribution in [0.1, 0.15) is 13.3 Å². The summed E-state index contributed by atoms with van der Waals surface area (Å²) in [5, 5.41) is 5.41. The van der Waals surface area contributed by atoms with Gasteiger partial charge in [0.2, 0.25) is 6.79 Å². The summed E-state index contributed by atoms with van der Waals surface area (Å²) in [6.07, 6.45) is 0.602. The largest absolute Gasteiger partial charge is 0.427 e. The summed E-state index contributed by atoms with van der Waals surface area (Å²) >= 11 is 0. The van der Waals surface area contributed by atoms with Crippen LogP contribution in [0.25, 0.3) is 0 Å². The van der Waals surface area contributed by atoms with Crippen molar-refractivity contribution in [2.75, 3.05) is 26.9 Å². The van der Waals surface area contributed by atoms with Gasteiger partial charge in [0.1, 0.15) is 6.54 Å². The van der Waals surface area contributed by atoms with Crippen LogP contribution in [0.2, 0.25) is 0 Å². The fourth-order valence-corrected chi connectivity index (χ4v) is 1.03. The topological polar surface area (TPSA) is 76.7 Å². The molecule has 0 bridgehead atoms. The van der Waals surface area contributed by atoms with Gasteiger partial charge in [-0.25, -0.2) is 0 Å². The van der Waals surface area contributed by atoms with Crippen molar-refractivity contribution in [1.82, 2.24) is 10.6 Å². The summed E-state index contributed by atoms with van der Waals surface area (Å²) in [5.74, 6) is -1.000. The molecule has 0 heterocycles. The highest BCUT2D eigenvalue weighted by atomic mass is 16.7. The van der Waals surface area contributed by atoms with Gasteiger partial charge in [-0.2, -0.15) is 0 Å². The van der Waals surface area contributed by atoms with Crippen LogP contribution >= 0.6 is 0 Å². The summed E-state index contributed by atoms with van der Waals surface area (Å²) in [6, 6.07) is 0. The maximum atomic E-state index is 11.2. The second kappa shape index (κ2) is 9.23. The van der Waals surface area contributed by atoms with Gasteiger partial charge in [0, 0.05) is 12.1 Å². The molecule has 0 aromatic heterocycles. The van der Waals surface area contributed by atoms with Crippen LogP contribution in [0.4, 0.5) is 0 Å². The third-order valence-corrected chi connectivity index (χ3v) is 1.76. The van der Waals surface area contributed by atoms with Crippen molar-refractivity contribution in [2.45, 2.75) is 13.3 Å². The third kappa shape index (κ3) is 9.41. The molecule has 0 saturated carbocycles. The summed E-state index contributed by atoms with van der Waals surface area (Å²) in [5.41, 5.74) is 1.63. The van der Waals surface area contributed by atoms with E-state index in [9.17, 15) is 9.59 Å². The van der Waals surface area contributed by atoms with Gasteiger partial charge < -0.3 is 20.1 Å². The molecule has 0 atom stereocenters. The van der Waals surface area contributed by atoms with Crippen molar-refractivity contribution in [3.8, 4) is 0 Å². The van der Waals surface area contributed by atoms with Crippen molar-refractivity contribution in [3.63, 3.8) is 0 Å². The highest BCUT2D eigenvalue weighted by molar-refractivity contribution is 5.73. The normalized spacial score (nSPS) is 9.44. The molecule has 0 unspecified atom stereocenters. The lowest BCUT2D eigenvalue weighted by atomic mass is 10.2. The quantitative estimate of drug-likeness (QED) is 0.351. The third-order valence-electron chi connectivity index (χ3n) is 1.76. The number of carbonyl (C=O) groups is 2. The van der Waals surface area contributed by atoms with Gasteiger partial charge in [0.05, 0.1) is 6.54 Å². The van der Waals surface area contributed by atoms with Crippen molar-refractivity contribution in [1.29, 1.82) is 0 Å². The van der Waals surface area contributed by atoms with E-state index in [1.165, 1.54) is 0 Å². The van der Waals surface area contributed by atoms with Gasteiger partial charge in [-0.1, -0.05) is 18.7 Å². The van der Waals surface area contributed by atoms with E-state index >= 15 is 0 Å². The molecule has 0 saturated heterocycles. The first-order chi connectivity index (χ1) is 8.45. The standard InChI is InChI=1S/C12H20N2O4/c1-9(2)5-10(3)14-7-12(16)18-8-17-11(15)6-13-4/h13-14H,1,3,5-8H2,2,4H3. The number of hydrogen-bond acceptors (Lipinski definition) is 6. The molecule has 18 heavy (non-hydrogen) atoms. The van der Waals surface area contributed by atoms with Crippen LogP contribution in [0, 0.1) is 0 Å². The molecular formula is C12H20N2O4. The molecule has 6 heteroatoms. The van der Waals surface area contributed by atoms with Gasteiger partial charge in [-0.05, 0) is 14.0 Å². The van der Waals surface area contributed by atoms with E-state index in [0.29, 0.717) is 12.1 Å². The van der Waals surface area contributed by atoms with E-state index in [1.54, 1.807) is 7.05 Å². The second-order valence-electron chi connectivity index (χ2n) is 3.77. The Morgan fingerprint density at radius 3 is 2.17 bits per heavy atom. The Morgan fingerprint density at radius 1 is 1.11 bits per heavy atom. The van der Waals surface area contributed by atoms with E-state index in [4.69, 9.17) is 0 Å². The Hall–Kier alpha value is -1.82. The number of ether oxygens (including phenoxy) is 2. The van der Waals surface area contributed by atoms with Crippen molar-refractivity contribution in [2.24, 2.45) is 0 Å². The molecule has 0 spiro atoms.